The minimum atomic E-state index is -0.848. The lowest BCUT2D eigenvalue weighted by Crippen LogP contribution is -2.47. The number of thioether (sulfide) groups is 1. The van der Waals surface area contributed by atoms with Crippen LogP contribution in [0, 0.1) is 0 Å². The van der Waals surface area contributed by atoms with Crippen molar-refractivity contribution in [1.82, 2.24) is 15.5 Å². The Morgan fingerprint density at radius 3 is 2.51 bits per heavy atom. The molecule has 2 N–H and O–H groups in total. The number of halogens is 1. The average Bonchev–Trinajstić information content (AvgIpc) is 3.11. The van der Waals surface area contributed by atoms with Gasteiger partial charge in [0.2, 0.25) is 5.91 Å². The molecule has 1 fully saturated rings. The van der Waals surface area contributed by atoms with Gasteiger partial charge >= 0.3 is 0 Å². The van der Waals surface area contributed by atoms with Crippen molar-refractivity contribution in [3.05, 3.63) is 63.5 Å². The molecule has 0 saturated carbocycles. The molecule has 1 atom stereocenters. The molecule has 0 aliphatic carbocycles. The third-order valence-electron chi connectivity index (χ3n) is 5.07. The minimum Gasteiger partial charge on any atom is -0.493 e. The van der Waals surface area contributed by atoms with Crippen LogP contribution < -0.4 is 20.1 Å². The third kappa shape index (κ3) is 6.34. The maximum atomic E-state index is 12.7. The topological polar surface area (TPSA) is 114 Å². The van der Waals surface area contributed by atoms with Crippen molar-refractivity contribution >= 4 is 52.4 Å². The summed E-state index contributed by atoms with van der Waals surface area (Å²) >= 11 is 6.83. The van der Waals surface area contributed by atoms with Crippen molar-refractivity contribution in [3.8, 4) is 11.5 Å². The Morgan fingerprint density at radius 1 is 1.11 bits per heavy atom. The molecule has 4 amide bonds. The number of benzene rings is 2. The summed E-state index contributed by atoms with van der Waals surface area (Å²) < 4.78 is 10.5. The summed E-state index contributed by atoms with van der Waals surface area (Å²) in [5, 5.41) is 5.03. The van der Waals surface area contributed by atoms with Gasteiger partial charge in [-0.15, -0.1) is 0 Å². The Hall–Kier alpha value is -3.50. The van der Waals surface area contributed by atoms with Gasteiger partial charge in [-0.3, -0.25) is 24.1 Å². The molecule has 1 aliphatic rings. The molecule has 0 bridgehead atoms. The normalized spacial score (nSPS) is 15.2. The lowest BCUT2D eigenvalue weighted by Gasteiger charge is -2.16. The zero-order chi connectivity index (χ0) is 25.5. The second kappa shape index (κ2) is 11.8. The van der Waals surface area contributed by atoms with E-state index in [1.165, 1.54) is 21.1 Å². The Kier molecular flexibility index (Phi) is 8.78. The van der Waals surface area contributed by atoms with E-state index in [9.17, 15) is 19.2 Å². The maximum Gasteiger partial charge on any atom is 0.293 e. The van der Waals surface area contributed by atoms with Crippen LogP contribution in [0.4, 0.5) is 4.79 Å². The molecule has 35 heavy (non-hydrogen) atoms. The molecule has 1 saturated heterocycles. The second-order valence-corrected chi connectivity index (χ2v) is 8.81. The van der Waals surface area contributed by atoms with E-state index in [0.29, 0.717) is 17.1 Å². The van der Waals surface area contributed by atoms with Crippen molar-refractivity contribution in [2.45, 2.75) is 13.0 Å². The molecule has 1 aliphatic heterocycles. The van der Waals surface area contributed by atoms with Gasteiger partial charge in [0.1, 0.15) is 6.04 Å². The van der Waals surface area contributed by atoms with Crippen LogP contribution in [0.1, 0.15) is 22.8 Å². The van der Waals surface area contributed by atoms with Gasteiger partial charge in [-0.2, -0.15) is 0 Å². The number of carbonyl (C=O) groups is 4. The summed E-state index contributed by atoms with van der Waals surface area (Å²) in [6.45, 7) is 1.55. The summed E-state index contributed by atoms with van der Waals surface area (Å²) in [5.74, 6) is -0.350. The second-order valence-electron chi connectivity index (χ2n) is 7.41. The molecule has 184 valence electrons. The first-order valence-corrected chi connectivity index (χ1v) is 11.7. The summed E-state index contributed by atoms with van der Waals surface area (Å²) in [4.78, 5) is 51.1. The number of amides is 4. The number of carbonyl (C=O) groups excluding carboxylic acids is 4. The van der Waals surface area contributed by atoms with E-state index in [1.54, 1.807) is 48.5 Å². The third-order valence-corrected chi connectivity index (χ3v) is 6.31. The minimum absolute atomic E-state index is 0.00907. The fourth-order valence-corrected chi connectivity index (χ4v) is 4.30. The van der Waals surface area contributed by atoms with Gasteiger partial charge < -0.3 is 20.1 Å². The molecule has 9 nitrogen and oxygen atoms in total. The molecule has 0 unspecified atom stereocenters. The Morgan fingerprint density at radius 2 is 1.83 bits per heavy atom. The number of imide groups is 1. The summed E-state index contributed by atoms with van der Waals surface area (Å²) in [5.41, 5.74) is 0.928. The predicted molar refractivity (Wildman–Crippen MR) is 134 cm³/mol. The first-order valence-electron chi connectivity index (χ1n) is 10.6. The zero-order valence-electron chi connectivity index (χ0n) is 19.3. The van der Waals surface area contributed by atoms with E-state index in [1.807, 2.05) is 0 Å². The Labute approximate surface area is 211 Å². The van der Waals surface area contributed by atoms with Crippen LogP contribution in [0.15, 0.2) is 47.4 Å². The smallest absolute Gasteiger partial charge is 0.293 e. The van der Waals surface area contributed by atoms with E-state index < -0.39 is 29.0 Å². The molecular weight excluding hydrogens is 494 g/mol. The predicted octanol–water partition coefficient (Wildman–Crippen LogP) is 3.33. The summed E-state index contributed by atoms with van der Waals surface area (Å²) in [6.07, 6.45) is 1.59. The van der Waals surface area contributed by atoms with Crippen molar-refractivity contribution in [2.24, 2.45) is 0 Å². The van der Waals surface area contributed by atoms with Crippen LogP contribution in [0.3, 0.4) is 0 Å². The highest BCUT2D eigenvalue weighted by atomic mass is 35.5. The van der Waals surface area contributed by atoms with Crippen molar-refractivity contribution in [1.29, 1.82) is 0 Å². The quantitative estimate of drug-likeness (QED) is 0.490. The van der Waals surface area contributed by atoms with Gasteiger partial charge in [-0.1, -0.05) is 29.8 Å². The van der Waals surface area contributed by atoms with Crippen LogP contribution in [-0.4, -0.2) is 61.2 Å². The number of rotatable bonds is 9. The van der Waals surface area contributed by atoms with Crippen LogP contribution in [0.2, 0.25) is 5.02 Å². The molecule has 0 spiro atoms. The molecule has 0 aromatic heterocycles. The molecule has 0 radical (unpaired) electrons. The van der Waals surface area contributed by atoms with E-state index in [4.69, 9.17) is 21.1 Å². The lowest BCUT2D eigenvalue weighted by molar-refractivity contribution is -0.124. The van der Waals surface area contributed by atoms with Gasteiger partial charge in [-0.25, -0.2) is 0 Å². The van der Waals surface area contributed by atoms with Gasteiger partial charge in [-0.05, 0) is 54.6 Å². The fraction of sp³-hybridized carbons (Fsp3) is 0.250. The summed E-state index contributed by atoms with van der Waals surface area (Å²) in [6, 6.07) is 10.8. The molecular formula is C24H24ClN3O6S. The van der Waals surface area contributed by atoms with E-state index >= 15 is 0 Å². The standard InChI is InChI=1S/C24H24ClN3O6S/c1-14(27-22(30)16-6-4-5-7-17(16)25)21(29)26-10-11-28-23(31)20(35-24(28)32)13-15-8-9-18(33-2)19(12-15)34-3/h4-9,12-14H,10-11H2,1-3H3,(H,26,29)(H,27,30)/b20-13-/t14-/m0/s1. The van der Waals surface area contributed by atoms with Crippen LogP contribution in [-0.2, 0) is 9.59 Å². The largest absolute Gasteiger partial charge is 0.493 e. The number of ether oxygens (including phenoxy) is 2. The highest BCUT2D eigenvalue weighted by molar-refractivity contribution is 8.18. The van der Waals surface area contributed by atoms with Crippen molar-refractivity contribution in [3.63, 3.8) is 0 Å². The van der Waals surface area contributed by atoms with Crippen LogP contribution >= 0.6 is 23.4 Å². The van der Waals surface area contributed by atoms with Gasteiger partial charge in [0.25, 0.3) is 17.1 Å². The Balaban J connectivity index is 1.54. The lowest BCUT2D eigenvalue weighted by atomic mass is 10.2. The first kappa shape index (κ1) is 26.1. The number of methoxy groups -OCH3 is 2. The number of nitrogens with one attached hydrogen (secondary N) is 2. The Bertz CT molecular complexity index is 1190. The van der Waals surface area contributed by atoms with Crippen molar-refractivity contribution < 1.29 is 28.7 Å². The van der Waals surface area contributed by atoms with Gasteiger partial charge in [0.15, 0.2) is 11.5 Å². The molecule has 3 rings (SSSR count). The maximum absolute atomic E-state index is 12.7. The van der Waals surface area contributed by atoms with Crippen LogP contribution in [0.5, 0.6) is 11.5 Å². The van der Waals surface area contributed by atoms with Crippen molar-refractivity contribution in [2.75, 3.05) is 27.3 Å². The van der Waals surface area contributed by atoms with E-state index in [2.05, 4.69) is 10.6 Å². The number of nitrogens with zero attached hydrogens (tertiary/aromatic N) is 1. The highest BCUT2D eigenvalue weighted by Crippen LogP contribution is 2.34. The molecule has 1 heterocycles. The first-order chi connectivity index (χ1) is 16.7. The zero-order valence-corrected chi connectivity index (χ0v) is 20.9. The van der Waals surface area contributed by atoms with Gasteiger partial charge in [0, 0.05) is 13.1 Å². The molecule has 2 aromatic carbocycles. The monoisotopic (exact) mass is 517 g/mol. The SMILES string of the molecule is COc1ccc(/C=C2\SC(=O)N(CCNC(=O)[C@H](C)NC(=O)c3ccccc3Cl)C2=O)cc1OC. The van der Waals surface area contributed by atoms with Crippen LogP contribution in [0.25, 0.3) is 6.08 Å². The van der Waals surface area contributed by atoms with E-state index in [-0.39, 0.29) is 28.6 Å². The van der Waals surface area contributed by atoms with Gasteiger partial charge in [0.05, 0.1) is 29.7 Å². The molecule has 11 heteroatoms. The van der Waals surface area contributed by atoms with E-state index in [0.717, 1.165) is 16.7 Å². The molecule has 2 aromatic rings. The average molecular weight is 518 g/mol. The fourth-order valence-electron chi connectivity index (χ4n) is 3.22. The number of hydrogen-bond acceptors (Lipinski definition) is 7. The highest BCUT2D eigenvalue weighted by Gasteiger charge is 2.34. The summed E-state index contributed by atoms with van der Waals surface area (Å²) in [7, 11) is 3.03. The number of hydrogen-bond donors (Lipinski definition) is 2.